The minimum absolute atomic E-state index is 0.0885. The molecule has 0 spiro atoms. The van der Waals surface area contributed by atoms with Crippen molar-refractivity contribution in [3.63, 3.8) is 0 Å². The Morgan fingerprint density at radius 1 is 1.29 bits per heavy atom. The molecule has 1 amide bonds. The van der Waals surface area contributed by atoms with E-state index in [4.69, 9.17) is 0 Å². The molecule has 14 heavy (non-hydrogen) atoms. The third-order valence-corrected chi connectivity index (χ3v) is 4.85. The molecule has 1 saturated carbocycles. The molecule has 0 bridgehead atoms. The van der Waals surface area contributed by atoms with E-state index in [0.29, 0.717) is 17.9 Å². The van der Waals surface area contributed by atoms with Gasteiger partial charge in [0, 0.05) is 12.6 Å². The Morgan fingerprint density at radius 2 is 2.00 bits per heavy atom. The van der Waals surface area contributed by atoms with Crippen molar-refractivity contribution < 1.29 is 4.79 Å². The lowest BCUT2D eigenvalue weighted by Gasteiger charge is -2.28. The van der Waals surface area contributed by atoms with E-state index in [1.165, 1.54) is 12.8 Å². The second kappa shape index (κ2) is 3.84. The standard InChI is InChI=1S/C11H18BrNO/c1-7-3-4-10(8(7)2)13-6-5-9(12)11(13)14/h7-10H,3-6H2,1-2H3. The third kappa shape index (κ3) is 1.60. The molecule has 2 fully saturated rings. The van der Waals surface area contributed by atoms with E-state index >= 15 is 0 Å². The maximum atomic E-state index is 11.8. The van der Waals surface area contributed by atoms with Crippen LogP contribution >= 0.6 is 15.9 Å². The molecule has 0 aromatic rings. The zero-order valence-electron chi connectivity index (χ0n) is 8.87. The van der Waals surface area contributed by atoms with Crippen molar-refractivity contribution in [3.8, 4) is 0 Å². The van der Waals surface area contributed by atoms with Crippen molar-refractivity contribution in [2.75, 3.05) is 6.54 Å². The normalized spacial score (nSPS) is 43.6. The molecule has 4 atom stereocenters. The van der Waals surface area contributed by atoms with E-state index in [9.17, 15) is 4.79 Å². The molecule has 0 radical (unpaired) electrons. The number of halogens is 1. The quantitative estimate of drug-likeness (QED) is 0.663. The Morgan fingerprint density at radius 3 is 2.43 bits per heavy atom. The molecule has 1 aliphatic heterocycles. The topological polar surface area (TPSA) is 20.3 Å². The summed E-state index contributed by atoms with van der Waals surface area (Å²) in [6.07, 6.45) is 3.47. The molecule has 0 aromatic carbocycles. The van der Waals surface area contributed by atoms with Crippen molar-refractivity contribution in [1.82, 2.24) is 4.90 Å². The van der Waals surface area contributed by atoms with Gasteiger partial charge in [0.15, 0.2) is 0 Å². The average molecular weight is 260 g/mol. The Kier molecular flexibility index (Phi) is 2.87. The SMILES string of the molecule is CC1CCC(N2CCC(Br)C2=O)C1C. The number of carbonyl (C=O) groups excluding carboxylic acids is 1. The summed E-state index contributed by atoms with van der Waals surface area (Å²) in [7, 11) is 0. The van der Waals surface area contributed by atoms with Gasteiger partial charge in [0.05, 0.1) is 4.83 Å². The predicted molar refractivity (Wildman–Crippen MR) is 60.4 cm³/mol. The number of rotatable bonds is 1. The van der Waals surface area contributed by atoms with Gasteiger partial charge < -0.3 is 4.90 Å². The van der Waals surface area contributed by atoms with E-state index in [1.54, 1.807) is 0 Å². The first-order valence-corrected chi connectivity index (χ1v) is 6.47. The van der Waals surface area contributed by atoms with E-state index in [-0.39, 0.29) is 4.83 Å². The molecule has 2 aliphatic rings. The summed E-state index contributed by atoms with van der Waals surface area (Å²) in [6.45, 7) is 5.55. The van der Waals surface area contributed by atoms with Gasteiger partial charge in [-0.3, -0.25) is 4.79 Å². The number of likely N-dealkylation sites (tertiary alicyclic amines) is 1. The number of carbonyl (C=O) groups is 1. The number of hydrogen-bond acceptors (Lipinski definition) is 1. The molecule has 2 nitrogen and oxygen atoms in total. The highest BCUT2D eigenvalue weighted by Gasteiger charge is 2.40. The molecule has 0 N–H and O–H groups in total. The maximum Gasteiger partial charge on any atom is 0.236 e. The summed E-state index contributed by atoms with van der Waals surface area (Å²) in [6, 6.07) is 0.514. The van der Waals surface area contributed by atoms with Gasteiger partial charge in [-0.1, -0.05) is 29.8 Å². The second-order valence-electron chi connectivity index (χ2n) is 4.77. The number of amides is 1. The summed E-state index contributed by atoms with van der Waals surface area (Å²) >= 11 is 3.43. The second-order valence-corrected chi connectivity index (χ2v) is 5.87. The highest BCUT2D eigenvalue weighted by molar-refractivity contribution is 9.10. The fourth-order valence-electron chi connectivity index (χ4n) is 2.77. The monoisotopic (exact) mass is 259 g/mol. The lowest BCUT2D eigenvalue weighted by Crippen LogP contribution is -2.40. The molecular weight excluding hydrogens is 242 g/mol. The Balaban J connectivity index is 2.06. The van der Waals surface area contributed by atoms with Crippen LogP contribution in [0.2, 0.25) is 0 Å². The van der Waals surface area contributed by atoms with E-state index in [2.05, 4.69) is 34.7 Å². The van der Waals surface area contributed by atoms with E-state index in [1.807, 2.05) is 0 Å². The molecule has 1 aliphatic carbocycles. The van der Waals surface area contributed by atoms with Gasteiger partial charge in [-0.15, -0.1) is 0 Å². The third-order valence-electron chi connectivity index (χ3n) is 4.00. The lowest BCUT2D eigenvalue weighted by atomic mass is 9.97. The van der Waals surface area contributed by atoms with Crippen LogP contribution in [0.15, 0.2) is 0 Å². The fourth-order valence-corrected chi connectivity index (χ4v) is 3.24. The van der Waals surface area contributed by atoms with E-state index in [0.717, 1.165) is 18.9 Å². The van der Waals surface area contributed by atoms with E-state index < -0.39 is 0 Å². The van der Waals surface area contributed by atoms with Gasteiger partial charge in [-0.05, 0) is 31.1 Å². The van der Waals surface area contributed by atoms with Crippen LogP contribution in [-0.2, 0) is 4.79 Å². The molecule has 0 aromatic heterocycles. The van der Waals surface area contributed by atoms with Crippen LogP contribution in [0.25, 0.3) is 0 Å². The minimum Gasteiger partial charge on any atom is -0.338 e. The van der Waals surface area contributed by atoms with Gasteiger partial charge >= 0.3 is 0 Å². The Hall–Kier alpha value is -0.0500. The van der Waals surface area contributed by atoms with Crippen molar-refractivity contribution in [2.24, 2.45) is 11.8 Å². The molecule has 2 rings (SSSR count). The van der Waals surface area contributed by atoms with Crippen molar-refractivity contribution in [2.45, 2.75) is 44.0 Å². The minimum atomic E-state index is 0.0885. The van der Waals surface area contributed by atoms with Gasteiger partial charge in [0.25, 0.3) is 0 Å². The Labute approximate surface area is 94.2 Å². The summed E-state index contributed by atoms with van der Waals surface area (Å²) in [5.41, 5.74) is 0. The zero-order chi connectivity index (χ0) is 10.3. The van der Waals surface area contributed by atoms with Gasteiger partial charge in [0.2, 0.25) is 5.91 Å². The smallest absolute Gasteiger partial charge is 0.236 e. The van der Waals surface area contributed by atoms with Crippen LogP contribution in [0, 0.1) is 11.8 Å². The first-order valence-electron chi connectivity index (χ1n) is 5.56. The van der Waals surface area contributed by atoms with Gasteiger partial charge in [-0.2, -0.15) is 0 Å². The van der Waals surface area contributed by atoms with Crippen LogP contribution in [0.1, 0.15) is 33.1 Å². The summed E-state index contributed by atoms with van der Waals surface area (Å²) in [5.74, 6) is 1.77. The molecule has 4 unspecified atom stereocenters. The number of hydrogen-bond donors (Lipinski definition) is 0. The molecule has 80 valence electrons. The van der Waals surface area contributed by atoms with Gasteiger partial charge in [0.1, 0.15) is 0 Å². The van der Waals surface area contributed by atoms with Crippen LogP contribution in [0.5, 0.6) is 0 Å². The van der Waals surface area contributed by atoms with Crippen molar-refractivity contribution >= 4 is 21.8 Å². The van der Waals surface area contributed by atoms with Crippen LogP contribution in [0.3, 0.4) is 0 Å². The first-order chi connectivity index (χ1) is 6.61. The fraction of sp³-hybridized carbons (Fsp3) is 0.909. The van der Waals surface area contributed by atoms with Crippen molar-refractivity contribution in [1.29, 1.82) is 0 Å². The zero-order valence-corrected chi connectivity index (χ0v) is 10.5. The van der Waals surface area contributed by atoms with Crippen LogP contribution < -0.4 is 0 Å². The highest BCUT2D eigenvalue weighted by atomic mass is 79.9. The molecule has 1 saturated heterocycles. The number of alkyl halides is 1. The lowest BCUT2D eigenvalue weighted by molar-refractivity contribution is -0.129. The molecular formula is C11H18BrNO. The summed E-state index contributed by atoms with van der Waals surface area (Å²) in [4.78, 5) is 14.0. The van der Waals surface area contributed by atoms with Crippen LogP contribution in [-0.4, -0.2) is 28.2 Å². The summed E-state index contributed by atoms with van der Waals surface area (Å²) < 4.78 is 0. The summed E-state index contributed by atoms with van der Waals surface area (Å²) in [5, 5.41) is 0. The van der Waals surface area contributed by atoms with Crippen LogP contribution in [0.4, 0.5) is 0 Å². The molecule has 1 heterocycles. The molecule has 3 heteroatoms. The number of nitrogens with zero attached hydrogens (tertiary/aromatic N) is 1. The largest absolute Gasteiger partial charge is 0.338 e. The highest BCUT2D eigenvalue weighted by Crippen LogP contribution is 2.37. The van der Waals surface area contributed by atoms with Gasteiger partial charge in [-0.25, -0.2) is 0 Å². The Bertz CT molecular complexity index is 243. The van der Waals surface area contributed by atoms with Crippen molar-refractivity contribution in [3.05, 3.63) is 0 Å². The average Bonchev–Trinajstić information content (AvgIpc) is 2.63. The first kappa shape index (κ1) is 10.5. The maximum absolute atomic E-state index is 11.8. The predicted octanol–water partition coefficient (Wildman–Crippen LogP) is 2.42.